The molecule has 2 fully saturated rings. The number of rotatable bonds is 8. The number of guanidine groups is 1. The maximum Gasteiger partial charge on any atom is 0.191 e. The lowest BCUT2D eigenvalue weighted by atomic mass is 10.0. The van der Waals surface area contributed by atoms with E-state index in [1.807, 2.05) is 6.20 Å². The van der Waals surface area contributed by atoms with E-state index in [1.54, 1.807) is 0 Å². The van der Waals surface area contributed by atoms with Crippen molar-refractivity contribution in [3.63, 3.8) is 0 Å². The van der Waals surface area contributed by atoms with Gasteiger partial charge in [0.25, 0.3) is 0 Å². The van der Waals surface area contributed by atoms with Crippen molar-refractivity contribution in [3.05, 3.63) is 23.9 Å². The van der Waals surface area contributed by atoms with E-state index in [-0.39, 0.29) is 0 Å². The van der Waals surface area contributed by atoms with Crippen molar-refractivity contribution in [3.8, 4) is 0 Å². The maximum absolute atomic E-state index is 5.53. The van der Waals surface area contributed by atoms with Crippen molar-refractivity contribution in [2.45, 2.75) is 59.0 Å². The molecule has 0 spiro atoms. The number of ether oxygens (including phenoxy) is 1. The van der Waals surface area contributed by atoms with Gasteiger partial charge in [0.15, 0.2) is 5.96 Å². The van der Waals surface area contributed by atoms with Gasteiger partial charge >= 0.3 is 0 Å². The molecular formula is C24H42N6O. The number of aliphatic imine (C=N–C) groups is 1. The molecule has 3 rings (SSSR count). The average molecular weight is 431 g/mol. The molecule has 0 aliphatic carbocycles. The van der Waals surface area contributed by atoms with Crippen LogP contribution in [0.2, 0.25) is 0 Å². The fraction of sp³-hybridized carbons (Fsp3) is 0.750. The summed E-state index contributed by atoms with van der Waals surface area (Å²) < 4.78 is 5.53. The minimum Gasteiger partial charge on any atom is -0.379 e. The molecule has 0 amide bonds. The summed E-state index contributed by atoms with van der Waals surface area (Å²) >= 11 is 0. The average Bonchev–Trinajstić information content (AvgIpc) is 3.08. The molecule has 7 nitrogen and oxygen atoms in total. The molecule has 0 aromatic carbocycles. The van der Waals surface area contributed by atoms with E-state index in [2.05, 4.69) is 58.3 Å². The van der Waals surface area contributed by atoms with Gasteiger partial charge in [0, 0.05) is 51.5 Å². The largest absolute Gasteiger partial charge is 0.379 e. The summed E-state index contributed by atoms with van der Waals surface area (Å²) in [5.74, 6) is 2.55. The van der Waals surface area contributed by atoms with E-state index in [1.165, 1.54) is 31.2 Å². The molecule has 0 radical (unpaired) electrons. The van der Waals surface area contributed by atoms with Gasteiger partial charge in [-0.2, -0.15) is 0 Å². The van der Waals surface area contributed by atoms with Crippen molar-refractivity contribution in [1.82, 2.24) is 20.5 Å². The molecular weight excluding hydrogens is 388 g/mol. The molecule has 2 N–H and O–H groups in total. The standard InChI is InChI=1S/C24H42N6O/c1-4-25-24(28-19-22(20(2)3)29-13-15-31-16-14-29)27-18-21-9-10-26-23(17-21)30-11-7-5-6-8-12-30/h9-10,17,20,22H,4-8,11-16,18-19H2,1-3H3,(H2,25,27,28). The lowest BCUT2D eigenvalue weighted by Crippen LogP contribution is -2.52. The summed E-state index contributed by atoms with van der Waals surface area (Å²) in [6, 6.07) is 4.77. The smallest absolute Gasteiger partial charge is 0.191 e. The minimum atomic E-state index is 0.475. The lowest BCUT2D eigenvalue weighted by Gasteiger charge is -2.37. The third kappa shape index (κ3) is 7.65. The summed E-state index contributed by atoms with van der Waals surface area (Å²) in [5, 5.41) is 6.99. The first-order valence-electron chi connectivity index (χ1n) is 12.2. The van der Waals surface area contributed by atoms with Crippen LogP contribution in [0.1, 0.15) is 52.0 Å². The maximum atomic E-state index is 5.53. The van der Waals surface area contributed by atoms with Gasteiger partial charge in [-0.25, -0.2) is 9.98 Å². The first-order chi connectivity index (χ1) is 15.2. The monoisotopic (exact) mass is 430 g/mol. The molecule has 7 heteroatoms. The van der Waals surface area contributed by atoms with Crippen LogP contribution in [0.3, 0.4) is 0 Å². The lowest BCUT2D eigenvalue weighted by molar-refractivity contribution is 0.00752. The highest BCUT2D eigenvalue weighted by Gasteiger charge is 2.23. The van der Waals surface area contributed by atoms with Crippen LogP contribution >= 0.6 is 0 Å². The Balaban J connectivity index is 1.60. The number of pyridine rings is 1. The van der Waals surface area contributed by atoms with Gasteiger partial charge in [-0.15, -0.1) is 0 Å². The van der Waals surface area contributed by atoms with Crippen LogP contribution in [0.4, 0.5) is 5.82 Å². The van der Waals surface area contributed by atoms with Crippen molar-refractivity contribution in [2.75, 3.05) is 57.4 Å². The second-order valence-electron chi connectivity index (χ2n) is 8.96. The SMILES string of the molecule is CCNC(=NCc1ccnc(N2CCCCCC2)c1)NCC(C(C)C)N1CCOCC1. The van der Waals surface area contributed by atoms with Gasteiger partial charge in [-0.05, 0) is 43.4 Å². The van der Waals surface area contributed by atoms with Gasteiger partial charge < -0.3 is 20.3 Å². The van der Waals surface area contributed by atoms with E-state index < -0.39 is 0 Å². The topological polar surface area (TPSA) is 65.0 Å². The fourth-order valence-corrected chi connectivity index (χ4v) is 4.44. The molecule has 1 aromatic rings. The number of nitrogens with one attached hydrogen (secondary N) is 2. The Bertz CT molecular complexity index is 666. The Labute approximate surface area is 188 Å². The molecule has 3 heterocycles. The normalized spacial score (nSPS) is 19.9. The molecule has 1 unspecified atom stereocenters. The molecule has 2 saturated heterocycles. The van der Waals surface area contributed by atoms with Gasteiger partial charge in [-0.3, -0.25) is 4.90 Å². The molecule has 2 aliphatic rings. The molecule has 31 heavy (non-hydrogen) atoms. The van der Waals surface area contributed by atoms with Gasteiger partial charge in [0.05, 0.1) is 19.8 Å². The zero-order chi connectivity index (χ0) is 21.9. The van der Waals surface area contributed by atoms with Crippen LogP contribution in [0.15, 0.2) is 23.3 Å². The highest BCUT2D eigenvalue weighted by Crippen LogP contribution is 2.18. The summed E-state index contributed by atoms with van der Waals surface area (Å²) in [5.41, 5.74) is 1.21. The Morgan fingerprint density at radius 3 is 2.52 bits per heavy atom. The van der Waals surface area contributed by atoms with Crippen molar-refractivity contribution >= 4 is 11.8 Å². The van der Waals surface area contributed by atoms with Crippen LogP contribution in [0.25, 0.3) is 0 Å². The second kappa shape index (κ2) is 12.9. The third-order valence-electron chi connectivity index (χ3n) is 6.27. The van der Waals surface area contributed by atoms with Gasteiger partial charge in [0.2, 0.25) is 0 Å². The summed E-state index contributed by atoms with van der Waals surface area (Å²) in [6.07, 6.45) is 7.12. The van der Waals surface area contributed by atoms with Crippen molar-refractivity contribution in [1.29, 1.82) is 0 Å². The molecule has 1 aromatic heterocycles. The first-order valence-corrected chi connectivity index (χ1v) is 12.2. The predicted octanol–water partition coefficient (Wildman–Crippen LogP) is 2.87. The van der Waals surface area contributed by atoms with E-state index in [4.69, 9.17) is 9.73 Å². The van der Waals surface area contributed by atoms with Crippen LogP contribution in [-0.4, -0.2) is 74.4 Å². The molecule has 2 aliphatic heterocycles. The third-order valence-corrected chi connectivity index (χ3v) is 6.27. The number of hydrogen-bond donors (Lipinski definition) is 2. The second-order valence-corrected chi connectivity index (χ2v) is 8.96. The first kappa shape index (κ1) is 23.8. The quantitative estimate of drug-likeness (QED) is 0.488. The predicted molar refractivity (Wildman–Crippen MR) is 129 cm³/mol. The van der Waals surface area contributed by atoms with Crippen LogP contribution in [0, 0.1) is 5.92 Å². The number of hydrogen-bond acceptors (Lipinski definition) is 5. The Morgan fingerprint density at radius 2 is 1.84 bits per heavy atom. The highest BCUT2D eigenvalue weighted by atomic mass is 16.5. The number of anilines is 1. The molecule has 0 saturated carbocycles. The van der Waals surface area contributed by atoms with Crippen LogP contribution in [-0.2, 0) is 11.3 Å². The molecule has 1 atom stereocenters. The Kier molecular flexibility index (Phi) is 9.87. The van der Waals surface area contributed by atoms with E-state index >= 15 is 0 Å². The van der Waals surface area contributed by atoms with Gasteiger partial charge in [0.1, 0.15) is 5.82 Å². The van der Waals surface area contributed by atoms with Crippen LogP contribution in [0.5, 0.6) is 0 Å². The number of nitrogens with zero attached hydrogens (tertiary/aromatic N) is 4. The molecule has 174 valence electrons. The fourth-order valence-electron chi connectivity index (χ4n) is 4.44. The molecule has 0 bridgehead atoms. The summed E-state index contributed by atoms with van der Waals surface area (Å²) in [7, 11) is 0. The Morgan fingerprint density at radius 1 is 1.10 bits per heavy atom. The van der Waals surface area contributed by atoms with Crippen LogP contribution < -0.4 is 15.5 Å². The van der Waals surface area contributed by atoms with Crippen molar-refractivity contribution < 1.29 is 4.74 Å². The van der Waals surface area contributed by atoms with E-state index in [9.17, 15) is 0 Å². The Hall–Kier alpha value is -1.86. The number of morpholine rings is 1. The summed E-state index contributed by atoms with van der Waals surface area (Å²) in [6.45, 7) is 15.0. The minimum absolute atomic E-state index is 0.475. The zero-order valence-electron chi connectivity index (χ0n) is 19.8. The summed E-state index contributed by atoms with van der Waals surface area (Å²) in [4.78, 5) is 14.5. The van der Waals surface area contributed by atoms with Gasteiger partial charge in [-0.1, -0.05) is 26.7 Å². The highest BCUT2D eigenvalue weighted by molar-refractivity contribution is 5.79. The van der Waals surface area contributed by atoms with E-state index in [0.717, 1.165) is 64.3 Å². The number of aromatic nitrogens is 1. The van der Waals surface area contributed by atoms with E-state index in [0.29, 0.717) is 18.5 Å². The zero-order valence-corrected chi connectivity index (χ0v) is 19.8. The van der Waals surface area contributed by atoms with Crippen molar-refractivity contribution in [2.24, 2.45) is 10.9 Å².